The Balaban J connectivity index is 0.000000542. The van der Waals surface area contributed by atoms with Crippen molar-refractivity contribution in [2.24, 2.45) is 11.8 Å². The largest absolute Gasteiger partial charge is 0.465 e. The van der Waals surface area contributed by atoms with E-state index >= 15 is 0 Å². The molecule has 0 spiro atoms. The van der Waals surface area contributed by atoms with Gasteiger partial charge in [0.25, 0.3) is 0 Å². The molecule has 0 radical (unpaired) electrons. The fourth-order valence-corrected chi connectivity index (χ4v) is 6.74. The smallest absolute Gasteiger partial charge is 0.404 e. The van der Waals surface area contributed by atoms with Crippen molar-refractivity contribution < 1.29 is 19.8 Å². The third-order valence-corrected chi connectivity index (χ3v) is 8.68. The number of amides is 2. The summed E-state index contributed by atoms with van der Waals surface area (Å²) in [4.78, 5) is 25.1. The quantitative estimate of drug-likeness (QED) is 0.261. The van der Waals surface area contributed by atoms with Crippen LogP contribution in [0, 0.1) is 11.8 Å². The minimum Gasteiger partial charge on any atom is -0.465 e. The fourth-order valence-electron chi connectivity index (χ4n) is 6.74. The molecule has 0 aromatic rings. The molecular weight excluding hydrogens is 480 g/mol. The maximum Gasteiger partial charge on any atom is 0.404 e. The van der Waals surface area contributed by atoms with E-state index in [-0.39, 0.29) is 0 Å². The van der Waals surface area contributed by atoms with Gasteiger partial charge in [-0.15, -0.1) is 0 Å². The normalized spacial score (nSPS) is 22.7. The van der Waals surface area contributed by atoms with E-state index in [1.54, 1.807) is 0 Å². The van der Waals surface area contributed by atoms with Crippen molar-refractivity contribution in [3.05, 3.63) is 0 Å². The first kappa shape index (κ1) is 36.5. The number of likely N-dealkylation sites (tertiary alicyclic amines) is 2. The van der Waals surface area contributed by atoms with E-state index < -0.39 is 12.2 Å². The standard InChI is InChI=1S/2C11H23N.C8H16N2O4/c2*1-9-7-10(2,3)12(6)11(4,5)8-9;11-7(12)9-5-3-1-2-4-6-10-8(13)14/h2*9H,7-8H2,1-6H3;9-10H,1-6H2,(H,11,12)(H,13,14). The summed E-state index contributed by atoms with van der Waals surface area (Å²) < 4.78 is 0. The summed E-state index contributed by atoms with van der Waals surface area (Å²) in [6, 6.07) is 0. The van der Waals surface area contributed by atoms with Gasteiger partial charge in [-0.1, -0.05) is 26.7 Å². The van der Waals surface area contributed by atoms with Gasteiger partial charge in [0.05, 0.1) is 0 Å². The Hall–Kier alpha value is -1.54. The Morgan fingerprint density at radius 3 is 1.05 bits per heavy atom. The molecule has 0 aromatic heterocycles. The summed E-state index contributed by atoms with van der Waals surface area (Å²) in [5.74, 6) is 1.73. The lowest BCUT2D eigenvalue weighted by Gasteiger charge is -2.53. The van der Waals surface area contributed by atoms with Gasteiger partial charge in [-0.2, -0.15) is 0 Å². The lowest BCUT2D eigenvalue weighted by Crippen LogP contribution is -2.58. The zero-order valence-electron chi connectivity index (χ0n) is 26.8. The van der Waals surface area contributed by atoms with Crippen molar-refractivity contribution in [2.45, 2.75) is 143 Å². The molecule has 38 heavy (non-hydrogen) atoms. The van der Waals surface area contributed by atoms with E-state index in [1.165, 1.54) is 25.7 Å². The van der Waals surface area contributed by atoms with Gasteiger partial charge < -0.3 is 20.8 Å². The first-order valence-electron chi connectivity index (χ1n) is 14.6. The topological polar surface area (TPSA) is 105 Å². The maximum absolute atomic E-state index is 10.0. The molecule has 0 unspecified atom stereocenters. The minimum atomic E-state index is -1.00. The predicted octanol–water partition coefficient (Wildman–Crippen LogP) is 6.89. The molecule has 0 aliphatic carbocycles. The van der Waals surface area contributed by atoms with Crippen molar-refractivity contribution in [2.75, 3.05) is 27.2 Å². The number of hydrogen-bond acceptors (Lipinski definition) is 4. The molecule has 2 amide bonds. The summed E-state index contributed by atoms with van der Waals surface area (Å²) in [7, 11) is 4.51. The molecule has 8 heteroatoms. The van der Waals surface area contributed by atoms with Crippen LogP contribution in [0.15, 0.2) is 0 Å². The first-order valence-corrected chi connectivity index (χ1v) is 14.6. The Kier molecular flexibility index (Phi) is 14.7. The van der Waals surface area contributed by atoms with Crippen LogP contribution in [0.5, 0.6) is 0 Å². The zero-order valence-corrected chi connectivity index (χ0v) is 26.8. The van der Waals surface area contributed by atoms with Crippen molar-refractivity contribution in [3.63, 3.8) is 0 Å². The Morgan fingerprint density at radius 2 is 0.842 bits per heavy atom. The number of carbonyl (C=O) groups is 2. The Bertz CT molecular complexity index is 625. The van der Waals surface area contributed by atoms with Crippen molar-refractivity contribution in [1.29, 1.82) is 0 Å². The van der Waals surface area contributed by atoms with E-state index in [4.69, 9.17) is 10.2 Å². The number of rotatable bonds is 7. The van der Waals surface area contributed by atoms with Crippen LogP contribution in [0.4, 0.5) is 9.59 Å². The summed E-state index contributed by atoms with van der Waals surface area (Å²) in [5, 5.41) is 21.0. The Labute approximate surface area is 234 Å². The van der Waals surface area contributed by atoms with Crippen LogP contribution < -0.4 is 10.6 Å². The number of carboxylic acid groups (broad SMARTS) is 2. The van der Waals surface area contributed by atoms with Crippen LogP contribution in [-0.2, 0) is 0 Å². The van der Waals surface area contributed by atoms with Crippen molar-refractivity contribution in [3.8, 4) is 0 Å². The average Bonchev–Trinajstić information content (AvgIpc) is 2.71. The van der Waals surface area contributed by atoms with Crippen molar-refractivity contribution >= 4 is 12.2 Å². The fraction of sp³-hybridized carbons (Fsp3) is 0.933. The summed E-state index contributed by atoms with van der Waals surface area (Å²) >= 11 is 0. The van der Waals surface area contributed by atoms with Gasteiger partial charge in [-0.3, -0.25) is 9.80 Å². The molecule has 226 valence electrons. The zero-order chi connectivity index (χ0) is 29.9. The summed E-state index contributed by atoms with van der Waals surface area (Å²) in [6.45, 7) is 24.5. The molecule has 2 rings (SSSR count). The minimum absolute atomic E-state index is 0.376. The van der Waals surface area contributed by atoms with Crippen molar-refractivity contribution in [1.82, 2.24) is 20.4 Å². The first-order chi connectivity index (χ1) is 17.1. The van der Waals surface area contributed by atoms with Crippen LogP contribution in [0.3, 0.4) is 0 Å². The van der Waals surface area contributed by atoms with Gasteiger partial charge in [0.2, 0.25) is 0 Å². The monoisotopic (exact) mass is 542 g/mol. The number of nitrogens with zero attached hydrogens (tertiary/aromatic N) is 2. The highest BCUT2D eigenvalue weighted by atomic mass is 16.4. The van der Waals surface area contributed by atoms with E-state index in [2.05, 4.69) is 104 Å². The number of piperidine rings is 2. The molecule has 2 heterocycles. The molecule has 0 bridgehead atoms. The molecule has 2 saturated heterocycles. The van der Waals surface area contributed by atoms with Crippen LogP contribution in [-0.4, -0.2) is 81.5 Å². The Morgan fingerprint density at radius 1 is 0.605 bits per heavy atom. The molecule has 0 aromatic carbocycles. The van der Waals surface area contributed by atoms with Gasteiger partial charge in [0.15, 0.2) is 0 Å². The molecule has 2 fully saturated rings. The van der Waals surface area contributed by atoms with Crippen LogP contribution in [0.1, 0.15) is 121 Å². The number of nitrogens with one attached hydrogen (secondary N) is 2. The van der Waals surface area contributed by atoms with E-state index in [1.807, 2.05) is 0 Å². The highest BCUT2D eigenvalue weighted by molar-refractivity contribution is 5.64. The second-order valence-corrected chi connectivity index (χ2v) is 14.3. The highest BCUT2D eigenvalue weighted by Crippen LogP contribution is 2.40. The van der Waals surface area contributed by atoms with E-state index in [0.717, 1.165) is 37.5 Å². The third kappa shape index (κ3) is 13.5. The second-order valence-electron chi connectivity index (χ2n) is 14.3. The number of unbranched alkanes of at least 4 members (excludes halogenated alkanes) is 3. The lowest BCUT2D eigenvalue weighted by molar-refractivity contribution is -0.0258. The van der Waals surface area contributed by atoms with Gasteiger partial charge in [0, 0.05) is 35.2 Å². The summed E-state index contributed by atoms with van der Waals surface area (Å²) in [5.41, 5.74) is 1.50. The van der Waals surface area contributed by atoms with Crippen LogP contribution >= 0.6 is 0 Å². The molecule has 2 aliphatic rings. The van der Waals surface area contributed by atoms with Crippen LogP contribution in [0.25, 0.3) is 0 Å². The highest BCUT2D eigenvalue weighted by Gasteiger charge is 2.42. The number of hydrogen-bond donors (Lipinski definition) is 4. The molecule has 8 nitrogen and oxygen atoms in total. The van der Waals surface area contributed by atoms with Gasteiger partial charge in [0.1, 0.15) is 0 Å². The second kappa shape index (κ2) is 15.3. The third-order valence-electron chi connectivity index (χ3n) is 8.68. The predicted molar refractivity (Wildman–Crippen MR) is 159 cm³/mol. The molecule has 2 aliphatic heterocycles. The molecule has 0 atom stereocenters. The lowest BCUT2D eigenvalue weighted by atomic mass is 9.75. The van der Waals surface area contributed by atoms with Crippen LogP contribution in [0.2, 0.25) is 0 Å². The molecular formula is C30H62N4O4. The van der Waals surface area contributed by atoms with E-state index in [9.17, 15) is 9.59 Å². The summed E-state index contributed by atoms with van der Waals surface area (Å²) in [6.07, 6.45) is 6.69. The molecule has 4 N–H and O–H groups in total. The van der Waals surface area contributed by atoms with Gasteiger partial charge in [-0.25, -0.2) is 9.59 Å². The van der Waals surface area contributed by atoms with Gasteiger partial charge >= 0.3 is 12.2 Å². The van der Waals surface area contributed by atoms with E-state index in [0.29, 0.717) is 35.2 Å². The maximum atomic E-state index is 10.0. The SMILES string of the molecule is CC1CC(C)(C)N(C)C(C)(C)C1.CC1CC(C)(C)N(C)C(C)(C)C1.O=C(O)NCCCCCCNC(=O)O. The molecule has 0 saturated carbocycles. The average molecular weight is 543 g/mol. The van der Waals surface area contributed by atoms with Gasteiger partial charge in [-0.05, 0) is 120 Å².